The van der Waals surface area contributed by atoms with E-state index < -0.39 is 0 Å². The van der Waals surface area contributed by atoms with E-state index in [9.17, 15) is 4.79 Å². The lowest BCUT2D eigenvalue weighted by atomic mass is 10.0. The van der Waals surface area contributed by atoms with Crippen LogP contribution in [0.5, 0.6) is 0 Å². The number of carbonyl (C=O) groups is 1. The lowest BCUT2D eigenvalue weighted by Crippen LogP contribution is -2.41. The van der Waals surface area contributed by atoms with Crippen molar-refractivity contribution in [3.63, 3.8) is 0 Å². The van der Waals surface area contributed by atoms with Gasteiger partial charge in [-0.1, -0.05) is 0 Å². The fraction of sp³-hybridized carbons (Fsp3) is 0.889. The quantitative estimate of drug-likeness (QED) is 0.754. The van der Waals surface area contributed by atoms with E-state index in [1.807, 2.05) is 4.90 Å². The molecule has 0 saturated carbocycles. The summed E-state index contributed by atoms with van der Waals surface area (Å²) in [4.78, 5) is 13.3. The van der Waals surface area contributed by atoms with Crippen LogP contribution in [0.2, 0.25) is 0 Å². The topological polar surface area (TPSA) is 46.3 Å². The second-order valence-corrected chi connectivity index (χ2v) is 4.00. The van der Waals surface area contributed by atoms with Gasteiger partial charge >= 0.3 is 0 Å². The second-order valence-electron chi connectivity index (χ2n) is 4.00. The molecule has 1 rings (SSSR count). The SMILES string of the molecule is CC1(C)CCC(=O)N1CCCN.Cl. The van der Waals surface area contributed by atoms with Crippen LogP contribution in [0.25, 0.3) is 0 Å². The minimum atomic E-state index is 0. The minimum Gasteiger partial charge on any atom is -0.338 e. The number of halogens is 1. The lowest BCUT2D eigenvalue weighted by Gasteiger charge is -2.31. The van der Waals surface area contributed by atoms with Gasteiger partial charge in [0.05, 0.1) is 0 Å². The Morgan fingerprint density at radius 2 is 2.15 bits per heavy atom. The summed E-state index contributed by atoms with van der Waals surface area (Å²) in [5.41, 5.74) is 5.46. The Balaban J connectivity index is 0.00000144. The van der Waals surface area contributed by atoms with Crippen molar-refractivity contribution in [2.45, 2.75) is 38.6 Å². The fourth-order valence-corrected chi connectivity index (χ4v) is 1.70. The van der Waals surface area contributed by atoms with Crippen molar-refractivity contribution in [2.24, 2.45) is 5.73 Å². The van der Waals surface area contributed by atoms with Crippen LogP contribution in [0, 0.1) is 0 Å². The zero-order valence-electron chi connectivity index (χ0n) is 8.38. The van der Waals surface area contributed by atoms with Gasteiger partial charge in [0.2, 0.25) is 5.91 Å². The molecule has 1 aliphatic rings. The highest BCUT2D eigenvalue weighted by Crippen LogP contribution is 2.28. The highest BCUT2D eigenvalue weighted by molar-refractivity contribution is 5.85. The van der Waals surface area contributed by atoms with E-state index in [1.165, 1.54) is 0 Å². The van der Waals surface area contributed by atoms with Gasteiger partial charge in [0, 0.05) is 18.5 Å². The first kappa shape index (κ1) is 12.7. The second kappa shape index (κ2) is 4.82. The predicted molar refractivity (Wildman–Crippen MR) is 55.9 cm³/mol. The van der Waals surface area contributed by atoms with Crippen molar-refractivity contribution in [3.05, 3.63) is 0 Å². The molecule has 1 aliphatic heterocycles. The fourth-order valence-electron chi connectivity index (χ4n) is 1.70. The van der Waals surface area contributed by atoms with Gasteiger partial charge in [-0.2, -0.15) is 0 Å². The molecule has 0 aromatic heterocycles. The minimum absolute atomic E-state index is 0. The maximum atomic E-state index is 11.4. The van der Waals surface area contributed by atoms with Gasteiger partial charge in [-0.15, -0.1) is 12.4 Å². The molecule has 0 aliphatic carbocycles. The number of amides is 1. The van der Waals surface area contributed by atoms with Gasteiger partial charge in [0.1, 0.15) is 0 Å². The molecule has 78 valence electrons. The van der Waals surface area contributed by atoms with E-state index in [0.29, 0.717) is 13.0 Å². The maximum Gasteiger partial charge on any atom is 0.223 e. The predicted octanol–water partition coefficient (Wildman–Crippen LogP) is 1.16. The molecular weight excluding hydrogens is 188 g/mol. The van der Waals surface area contributed by atoms with Crippen LogP contribution in [-0.4, -0.2) is 29.4 Å². The van der Waals surface area contributed by atoms with Gasteiger partial charge in [-0.3, -0.25) is 4.79 Å². The Hall–Kier alpha value is -0.280. The number of rotatable bonds is 3. The highest BCUT2D eigenvalue weighted by Gasteiger charge is 2.36. The number of nitrogens with two attached hydrogens (primary N) is 1. The first-order valence-electron chi connectivity index (χ1n) is 4.58. The summed E-state index contributed by atoms with van der Waals surface area (Å²) >= 11 is 0. The summed E-state index contributed by atoms with van der Waals surface area (Å²) in [6.07, 6.45) is 2.60. The maximum absolute atomic E-state index is 11.4. The van der Waals surface area contributed by atoms with E-state index in [2.05, 4.69) is 13.8 Å². The van der Waals surface area contributed by atoms with E-state index in [4.69, 9.17) is 5.73 Å². The molecule has 0 spiro atoms. The molecule has 0 aromatic rings. The van der Waals surface area contributed by atoms with Crippen molar-refractivity contribution in [1.29, 1.82) is 0 Å². The molecule has 0 aromatic carbocycles. The Kier molecular flexibility index (Phi) is 4.71. The average molecular weight is 207 g/mol. The number of hydrogen-bond acceptors (Lipinski definition) is 2. The third-order valence-corrected chi connectivity index (χ3v) is 2.57. The standard InChI is InChI=1S/C9H18N2O.ClH/c1-9(2)5-4-8(12)11(9)7-3-6-10;/h3-7,10H2,1-2H3;1H. The normalized spacial score (nSPS) is 20.2. The van der Waals surface area contributed by atoms with Crippen molar-refractivity contribution >= 4 is 18.3 Å². The molecule has 1 amide bonds. The van der Waals surface area contributed by atoms with E-state index in [0.717, 1.165) is 19.4 Å². The molecule has 1 saturated heterocycles. The lowest BCUT2D eigenvalue weighted by molar-refractivity contribution is -0.130. The van der Waals surface area contributed by atoms with Crippen LogP contribution < -0.4 is 5.73 Å². The molecular formula is C9H19ClN2O. The third-order valence-electron chi connectivity index (χ3n) is 2.57. The molecule has 2 N–H and O–H groups in total. The van der Waals surface area contributed by atoms with Crippen molar-refractivity contribution in [1.82, 2.24) is 4.90 Å². The van der Waals surface area contributed by atoms with E-state index >= 15 is 0 Å². The van der Waals surface area contributed by atoms with Crippen LogP contribution >= 0.6 is 12.4 Å². The van der Waals surface area contributed by atoms with Crippen LogP contribution in [0.15, 0.2) is 0 Å². The summed E-state index contributed by atoms with van der Waals surface area (Å²) in [6.45, 7) is 5.73. The summed E-state index contributed by atoms with van der Waals surface area (Å²) in [6, 6.07) is 0. The van der Waals surface area contributed by atoms with Crippen LogP contribution in [0.1, 0.15) is 33.1 Å². The molecule has 4 heteroatoms. The summed E-state index contributed by atoms with van der Waals surface area (Å²) in [5.74, 6) is 0.286. The third kappa shape index (κ3) is 2.85. The Bertz CT molecular complexity index is 182. The zero-order chi connectivity index (χ0) is 9.19. The van der Waals surface area contributed by atoms with Gasteiger partial charge in [-0.05, 0) is 33.2 Å². The van der Waals surface area contributed by atoms with Gasteiger partial charge in [0.15, 0.2) is 0 Å². The Morgan fingerprint density at radius 1 is 1.54 bits per heavy atom. The molecule has 0 bridgehead atoms. The van der Waals surface area contributed by atoms with Crippen molar-refractivity contribution < 1.29 is 4.79 Å². The van der Waals surface area contributed by atoms with Crippen LogP contribution in [0.4, 0.5) is 0 Å². The smallest absolute Gasteiger partial charge is 0.223 e. The monoisotopic (exact) mass is 206 g/mol. The molecule has 3 nitrogen and oxygen atoms in total. The van der Waals surface area contributed by atoms with Gasteiger partial charge in [0.25, 0.3) is 0 Å². The van der Waals surface area contributed by atoms with E-state index in [1.54, 1.807) is 0 Å². The van der Waals surface area contributed by atoms with Gasteiger partial charge in [-0.25, -0.2) is 0 Å². The number of nitrogens with zero attached hydrogens (tertiary/aromatic N) is 1. The molecule has 0 radical (unpaired) electrons. The Morgan fingerprint density at radius 3 is 2.54 bits per heavy atom. The number of hydrogen-bond donors (Lipinski definition) is 1. The van der Waals surface area contributed by atoms with E-state index in [-0.39, 0.29) is 23.9 Å². The zero-order valence-corrected chi connectivity index (χ0v) is 9.19. The molecule has 1 heterocycles. The largest absolute Gasteiger partial charge is 0.338 e. The molecule has 0 unspecified atom stereocenters. The van der Waals surface area contributed by atoms with Crippen molar-refractivity contribution in [3.8, 4) is 0 Å². The summed E-state index contributed by atoms with van der Waals surface area (Å²) in [5, 5.41) is 0. The molecule has 13 heavy (non-hydrogen) atoms. The summed E-state index contributed by atoms with van der Waals surface area (Å²) in [7, 11) is 0. The van der Waals surface area contributed by atoms with Crippen molar-refractivity contribution in [2.75, 3.05) is 13.1 Å². The first-order valence-corrected chi connectivity index (χ1v) is 4.58. The number of likely N-dealkylation sites (tertiary alicyclic amines) is 1. The van der Waals surface area contributed by atoms with Crippen LogP contribution in [-0.2, 0) is 4.79 Å². The first-order chi connectivity index (χ1) is 5.58. The Labute approximate surface area is 86.1 Å². The highest BCUT2D eigenvalue weighted by atomic mass is 35.5. The number of carbonyl (C=O) groups excluding carboxylic acids is 1. The summed E-state index contributed by atoms with van der Waals surface area (Å²) < 4.78 is 0. The average Bonchev–Trinajstić information content (AvgIpc) is 2.24. The van der Waals surface area contributed by atoms with Gasteiger partial charge < -0.3 is 10.6 Å². The van der Waals surface area contributed by atoms with Crippen LogP contribution in [0.3, 0.4) is 0 Å². The molecule has 1 fully saturated rings. The molecule has 0 atom stereocenters.